The molecule has 0 aliphatic heterocycles. The number of ketones is 1. The van der Waals surface area contributed by atoms with Gasteiger partial charge in [-0.2, -0.15) is 0 Å². The number of rotatable bonds is 2. The maximum absolute atomic E-state index is 11.9. The SMILES string of the molecule is COc1cc2c(c(OC)c1)C(=O)CC(C)=C2. The molecule has 0 heterocycles. The van der Waals surface area contributed by atoms with E-state index >= 15 is 0 Å². The highest BCUT2D eigenvalue weighted by atomic mass is 16.5. The van der Waals surface area contributed by atoms with Crippen LogP contribution in [0.1, 0.15) is 29.3 Å². The molecule has 0 radical (unpaired) electrons. The Morgan fingerprint density at radius 3 is 2.56 bits per heavy atom. The molecule has 0 unspecified atom stereocenters. The zero-order chi connectivity index (χ0) is 11.7. The average molecular weight is 218 g/mol. The van der Waals surface area contributed by atoms with Crippen molar-refractivity contribution in [1.29, 1.82) is 0 Å². The van der Waals surface area contributed by atoms with E-state index in [-0.39, 0.29) is 5.78 Å². The molecular weight excluding hydrogens is 204 g/mol. The van der Waals surface area contributed by atoms with Gasteiger partial charge in [0, 0.05) is 12.5 Å². The number of hydrogen-bond acceptors (Lipinski definition) is 3. The first kappa shape index (κ1) is 10.7. The first-order chi connectivity index (χ1) is 7.65. The second kappa shape index (κ2) is 4.00. The van der Waals surface area contributed by atoms with Gasteiger partial charge in [0.2, 0.25) is 0 Å². The fourth-order valence-electron chi connectivity index (χ4n) is 1.96. The van der Waals surface area contributed by atoms with Crippen LogP contribution < -0.4 is 9.47 Å². The predicted octanol–water partition coefficient (Wildman–Crippen LogP) is 2.69. The highest BCUT2D eigenvalue weighted by molar-refractivity contribution is 6.06. The fourth-order valence-corrected chi connectivity index (χ4v) is 1.96. The summed E-state index contributed by atoms with van der Waals surface area (Å²) in [7, 11) is 3.16. The average Bonchev–Trinajstić information content (AvgIpc) is 2.26. The van der Waals surface area contributed by atoms with E-state index in [0.717, 1.165) is 11.1 Å². The lowest BCUT2D eigenvalue weighted by Gasteiger charge is -2.17. The third-order valence-electron chi connectivity index (χ3n) is 2.68. The molecule has 1 aliphatic carbocycles. The third-order valence-corrected chi connectivity index (χ3v) is 2.68. The maximum Gasteiger partial charge on any atom is 0.171 e. The zero-order valence-corrected chi connectivity index (χ0v) is 9.66. The van der Waals surface area contributed by atoms with E-state index in [4.69, 9.17) is 9.47 Å². The molecule has 0 aromatic heterocycles. The Labute approximate surface area is 94.7 Å². The molecule has 0 saturated heterocycles. The van der Waals surface area contributed by atoms with E-state index in [1.54, 1.807) is 20.3 Å². The third kappa shape index (κ3) is 1.69. The van der Waals surface area contributed by atoms with Gasteiger partial charge in [-0.3, -0.25) is 4.79 Å². The van der Waals surface area contributed by atoms with Gasteiger partial charge in [0.05, 0.1) is 19.8 Å². The number of carbonyl (C=O) groups excluding carboxylic acids is 1. The van der Waals surface area contributed by atoms with Crippen LogP contribution in [0.4, 0.5) is 0 Å². The molecule has 0 spiro atoms. The summed E-state index contributed by atoms with van der Waals surface area (Å²) >= 11 is 0. The Morgan fingerprint density at radius 2 is 1.94 bits per heavy atom. The minimum absolute atomic E-state index is 0.106. The number of allylic oxidation sites excluding steroid dienone is 1. The largest absolute Gasteiger partial charge is 0.497 e. The van der Waals surface area contributed by atoms with Crippen molar-refractivity contribution < 1.29 is 14.3 Å². The molecule has 1 aromatic carbocycles. The lowest BCUT2D eigenvalue weighted by Crippen LogP contribution is -2.09. The molecule has 3 nitrogen and oxygen atoms in total. The molecule has 84 valence electrons. The molecule has 1 aliphatic rings. The van der Waals surface area contributed by atoms with Gasteiger partial charge in [-0.1, -0.05) is 11.6 Å². The Morgan fingerprint density at radius 1 is 1.19 bits per heavy atom. The molecule has 16 heavy (non-hydrogen) atoms. The van der Waals surface area contributed by atoms with Gasteiger partial charge >= 0.3 is 0 Å². The first-order valence-corrected chi connectivity index (χ1v) is 5.12. The molecule has 1 aromatic rings. The summed E-state index contributed by atoms with van der Waals surface area (Å²) in [4.78, 5) is 11.9. The first-order valence-electron chi connectivity index (χ1n) is 5.12. The van der Waals surface area contributed by atoms with Gasteiger partial charge in [0.1, 0.15) is 11.5 Å². The summed E-state index contributed by atoms with van der Waals surface area (Å²) in [6, 6.07) is 3.60. The summed E-state index contributed by atoms with van der Waals surface area (Å²) in [5, 5.41) is 0. The van der Waals surface area contributed by atoms with Crippen LogP contribution in [-0.4, -0.2) is 20.0 Å². The van der Waals surface area contributed by atoms with Gasteiger partial charge in [-0.15, -0.1) is 0 Å². The zero-order valence-electron chi connectivity index (χ0n) is 9.66. The van der Waals surface area contributed by atoms with Crippen molar-refractivity contribution >= 4 is 11.9 Å². The van der Waals surface area contributed by atoms with E-state index in [2.05, 4.69) is 0 Å². The topological polar surface area (TPSA) is 35.5 Å². The number of carbonyl (C=O) groups is 1. The number of methoxy groups -OCH3 is 2. The van der Waals surface area contributed by atoms with E-state index in [1.165, 1.54) is 0 Å². The van der Waals surface area contributed by atoms with Crippen LogP contribution in [-0.2, 0) is 0 Å². The van der Waals surface area contributed by atoms with Crippen molar-refractivity contribution in [1.82, 2.24) is 0 Å². The van der Waals surface area contributed by atoms with Crippen molar-refractivity contribution in [2.45, 2.75) is 13.3 Å². The van der Waals surface area contributed by atoms with Crippen molar-refractivity contribution in [2.24, 2.45) is 0 Å². The Hall–Kier alpha value is -1.77. The van der Waals surface area contributed by atoms with E-state index < -0.39 is 0 Å². The van der Waals surface area contributed by atoms with Crippen LogP contribution in [0.25, 0.3) is 6.08 Å². The molecule has 0 N–H and O–H groups in total. The van der Waals surface area contributed by atoms with E-state index in [9.17, 15) is 4.79 Å². The minimum atomic E-state index is 0.106. The molecule has 0 saturated carbocycles. The summed E-state index contributed by atoms with van der Waals surface area (Å²) in [5.41, 5.74) is 2.60. The smallest absolute Gasteiger partial charge is 0.171 e. The number of Topliss-reactive ketones (excluding diaryl/α,β-unsaturated/α-hetero) is 1. The van der Waals surface area contributed by atoms with Gasteiger partial charge in [-0.05, 0) is 18.6 Å². The van der Waals surface area contributed by atoms with Crippen LogP contribution in [0.2, 0.25) is 0 Å². The van der Waals surface area contributed by atoms with Crippen LogP contribution in [0.3, 0.4) is 0 Å². The fraction of sp³-hybridized carbons (Fsp3) is 0.308. The van der Waals surface area contributed by atoms with E-state index in [1.807, 2.05) is 19.1 Å². The van der Waals surface area contributed by atoms with E-state index in [0.29, 0.717) is 23.5 Å². The van der Waals surface area contributed by atoms with Crippen LogP contribution >= 0.6 is 0 Å². The quantitative estimate of drug-likeness (QED) is 0.765. The molecule has 2 rings (SSSR count). The summed E-state index contributed by atoms with van der Waals surface area (Å²) in [5.74, 6) is 1.40. The Kier molecular flexibility index (Phi) is 2.69. The molecule has 0 amide bonds. The number of hydrogen-bond donors (Lipinski definition) is 0. The van der Waals surface area contributed by atoms with Crippen molar-refractivity contribution in [2.75, 3.05) is 14.2 Å². The summed E-state index contributed by atoms with van der Waals surface area (Å²) in [6.45, 7) is 1.95. The number of fused-ring (bicyclic) bond motifs is 1. The lowest BCUT2D eigenvalue weighted by molar-refractivity contribution is 0.0988. The predicted molar refractivity (Wildman–Crippen MR) is 62.1 cm³/mol. The molecule has 0 atom stereocenters. The minimum Gasteiger partial charge on any atom is -0.497 e. The summed E-state index contributed by atoms with van der Waals surface area (Å²) in [6.07, 6.45) is 2.47. The van der Waals surface area contributed by atoms with Crippen molar-refractivity contribution in [3.8, 4) is 11.5 Å². The maximum atomic E-state index is 11.9. The van der Waals surface area contributed by atoms with Gasteiger partial charge < -0.3 is 9.47 Å². The lowest BCUT2D eigenvalue weighted by atomic mass is 9.91. The van der Waals surface area contributed by atoms with Gasteiger partial charge in [-0.25, -0.2) is 0 Å². The second-order valence-electron chi connectivity index (χ2n) is 3.88. The molecule has 3 heteroatoms. The normalized spacial score (nSPS) is 14.2. The monoisotopic (exact) mass is 218 g/mol. The number of benzene rings is 1. The Bertz CT molecular complexity index is 472. The summed E-state index contributed by atoms with van der Waals surface area (Å²) < 4.78 is 10.4. The van der Waals surface area contributed by atoms with Gasteiger partial charge in [0.25, 0.3) is 0 Å². The van der Waals surface area contributed by atoms with Crippen LogP contribution in [0.15, 0.2) is 17.7 Å². The molecule has 0 bridgehead atoms. The highest BCUT2D eigenvalue weighted by Gasteiger charge is 2.21. The van der Waals surface area contributed by atoms with Crippen molar-refractivity contribution in [3.63, 3.8) is 0 Å². The Balaban J connectivity index is 2.66. The second-order valence-corrected chi connectivity index (χ2v) is 3.88. The van der Waals surface area contributed by atoms with Crippen LogP contribution in [0, 0.1) is 0 Å². The van der Waals surface area contributed by atoms with Gasteiger partial charge in [0.15, 0.2) is 5.78 Å². The van der Waals surface area contributed by atoms with Crippen LogP contribution in [0.5, 0.6) is 11.5 Å². The highest BCUT2D eigenvalue weighted by Crippen LogP contribution is 2.34. The molecular formula is C13H14O3. The standard InChI is InChI=1S/C13H14O3/c1-8-4-9-6-10(15-2)7-12(16-3)13(9)11(14)5-8/h4,6-7H,5H2,1-3H3. The van der Waals surface area contributed by atoms with Crippen molar-refractivity contribution in [3.05, 3.63) is 28.8 Å². The molecule has 0 fully saturated rings. The number of ether oxygens (including phenoxy) is 2.